The Bertz CT molecular complexity index is 488. The summed E-state index contributed by atoms with van der Waals surface area (Å²) < 4.78 is 25.7. The zero-order chi connectivity index (χ0) is 13.8. The molecule has 0 aliphatic carbocycles. The van der Waals surface area contributed by atoms with Crippen molar-refractivity contribution < 1.29 is 8.42 Å². The number of aromatic nitrogens is 1. The number of nitrogens with two attached hydrogens (primary N) is 1. The molecule has 0 radical (unpaired) electrons. The highest BCUT2D eigenvalue weighted by Crippen LogP contribution is 2.18. The largest absolute Gasteiger partial charge is 0.396 e. The van der Waals surface area contributed by atoms with Crippen LogP contribution in [0.5, 0.6) is 0 Å². The molecule has 0 aliphatic rings. The van der Waals surface area contributed by atoms with E-state index in [1.54, 1.807) is 13.1 Å². The molecule has 0 aromatic carbocycles. The summed E-state index contributed by atoms with van der Waals surface area (Å²) in [6, 6.07) is 3.15. The van der Waals surface area contributed by atoms with Gasteiger partial charge < -0.3 is 10.6 Å². The normalized spacial score (nSPS) is 12.3. The van der Waals surface area contributed by atoms with Gasteiger partial charge >= 0.3 is 0 Å². The average molecular weight is 272 g/mol. The number of sulfonamides is 1. The van der Waals surface area contributed by atoms with Gasteiger partial charge in [-0.2, -0.15) is 4.31 Å². The minimum Gasteiger partial charge on any atom is -0.396 e. The van der Waals surface area contributed by atoms with Crippen molar-refractivity contribution in [3.05, 3.63) is 18.3 Å². The Labute approximate surface area is 108 Å². The van der Waals surface area contributed by atoms with Gasteiger partial charge in [-0.1, -0.05) is 0 Å². The van der Waals surface area contributed by atoms with Gasteiger partial charge in [-0.15, -0.1) is 0 Å². The third-order valence-corrected chi connectivity index (χ3v) is 4.37. The topological polar surface area (TPSA) is 79.5 Å². The molecular weight excluding hydrogens is 252 g/mol. The van der Waals surface area contributed by atoms with Crippen LogP contribution >= 0.6 is 0 Å². The summed E-state index contributed by atoms with van der Waals surface area (Å²) in [5, 5.41) is -0.0719. The van der Waals surface area contributed by atoms with Crippen LogP contribution in [0.4, 0.5) is 5.69 Å². The van der Waals surface area contributed by atoms with Crippen molar-refractivity contribution in [3.8, 4) is 0 Å². The van der Waals surface area contributed by atoms with Crippen LogP contribution in [0.1, 0.15) is 6.42 Å². The maximum Gasteiger partial charge on any atom is 0.262 e. The quantitative estimate of drug-likeness (QED) is 0.802. The molecule has 0 fully saturated rings. The lowest BCUT2D eigenvalue weighted by atomic mass is 10.4. The van der Waals surface area contributed by atoms with Crippen molar-refractivity contribution in [2.75, 3.05) is 40.0 Å². The second-order valence-corrected chi connectivity index (χ2v) is 6.34. The lowest BCUT2D eigenvalue weighted by Gasteiger charge is -2.18. The Hall–Kier alpha value is -1.18. The first-order valence-corrected chi connectivity index (χ1v) is 7.11. The van der Waals surface area contributed by atoms with E-state index in [0.29, 0.717) is 6.54 Å². The number of anilines is 1. The number of nitrogens with zero attached hydrogens (tertiary/aromatic N) is 3. The number of nitrogen functional groups attached to an aromatic ring is 1. The van der Waals surface area contributed by atoms with Gasteiger partial charge in [0.25, 0.3) is 10.0 Å². The number of pyridine rings is 1. The van der Waals surface area contributed by atoms with Gasteiger partial charge in [0.05, 0.1) is 5.69 Å². The zero-order valence-electron chi connectivity index (χ0n) is 11.0. The predicted molar refractivity (Wildman–Crippen MR) is 71.6 cm³/mol. The van der Waals surface area contributed by atoms with Crippen molar-refractivity contribution in [1.82, 2.24) is 14.2 Å². The summed E-state index contributed by atoms with van der Waals surface area (Å²) in [4.78, 5) is 5.86. The molecule has 18 heavy (non-hydrogen) atoms. The summed E-state index contributed by atoms with van der Waals surface area (Å²) >= 11 is 0. The monoisotopic (exact) mass is 272 g/mol. The van der Waals surface area contributed by atoms with Gasteiger partial charge in [0.1, 0.15) is 0 Å². The number of hydrogen-bond donors (Lipinski definition) is 1. The van der Waals surface area contributed by atoms with E-state index in [9.17, 15) is 8.42 Å². The van der Waals surface area contributed by atoms with Crippen molar-refractivity contribution >= 4 is 15.7 Å². The molecule has 0 spiro atoms. The van der Waals surface area contributed by atoms with Gasteiger partial charge in [0.15, 0.2) is 5.03 Å². The molecule has 7 heteroatoms. The molecule has 0 amide bonds. The standard InChI is InChI=1S/C11H20N4O2S/c1-14(2)8-5-9-15(3)18(16,17)11-10(12)6-4-7-13-11/h4,6-7H,5,8-9,12H2,1-3H3. The van der Waals surface area contributed by atoms with Crippen LogP contribution in [0.3, 0.4) is 0 Å². The second-order valence-electron chi connectivity index (χ2n) is 4.38. The van der Waals surface area contributed by atoms with Crippen molar-refractivity contribution in [2.24, 2.45) is 0 Å². The van der Waals surface area contributed by atoms with Gasteiger partial charge in [0.2, 0.25) is 0 Å². The molecule has 0 atom stereocenters. The zero-order valence-corrected chi connectivity index (χ0v) is 11.8. The SMILES string of the molecule is CN(C)CCCN(C)S(=O)(=O)c1ncccc1N. The van der Waals surface area contributed by atoms with E-state index >= 15 is 0 Å². The minimum absolute atomic E-state index is 0.0719. The van der Waals surface area contributed by atoms with Crippen molar-refractivity contribution in [3.63, 3.8) is 0 Å². The van der Waals surface area contributed by atoms with Crippen molar-refractivity contribution in [1.29, 1.82) is 0 Å². The maximum absolute atomic E-state index is 12.2. The third-order valence-electron chi connectivity index (χ3n) is 2.53. The second kappa shape index (κ2) is 6.12. The molecule has 0 saturated heterocycles. The Morgan fingerprint density at radius 2 is 1.94 bits per heavy atom. The smallest absolute Gasteiger partial charge is 0.262 e. The van der Waals surface area contributed by atoms with Gasteiger partial charge in [-0.25, -0.2) is 13.4 Å². The average Bonchev–Trinajstić information content (AvgIpc) is 2.28. The summed E-state index contributed by atoms with van der Waals surface area (Å²) in [5.74, 6) is 0. The highest BCUT2D eigenvalue weighted by molar-refractivity contribution is 7.89. The number of rotatable bonds is 6. The van der Waals surface area contributed by atoms with Gasteiger partial charge in [-0.05, 0) is 39.2 Å². The molecule has 6 nitrogen and oxygen atoms in total. The van der Waals surface area contributed by atoms with Gasteiger partial charge in [-0.3, -0.25) is 0 Å². The molecule has 1 heterocycles. The predicted octanol–water partition coefficient (Wildman–Crippen LogP) is 0.236. The molecule has 2 N–H and O–H groups in total. The first-order valence-electron chi connectivity index (χ1n) is 5.67. The van der Waals surface area contributed by atoms with E-state index in [1.165, 1.54) is 16.6 Å². The van der Waals surface area contributed by atoms with Crippen molar-refractivity contribution in [2.45, 2.75) is 11.4 Å². The summed E-state index contributed by atoms with van der Waals surface area (Å²) in [6.45, 7) is 1.27. The van der Waals surface area contributed by atoms with E-state index in [-0.39, 0.29) is 10.7 Å². The molecule has 102 valence electrons. The fraction of sp³-hybridized carbons (Fsp3) is 0.545. The molecule has 0 aliphatic heterocycles. The first kappa shape index (κ1) is 14.9. The molecule has 0 saturated carbocycles. The van der Waals surface area contributed by atoms with E-state index in [2.05, 4.69) is 4.98 Å². The Kier molecular flexibility index (Phi) is 5.06. The Balaban J connectivity index is 2.78. The molecule has 1 rings (SSSR count). The fourth-order valence-electron chi connectivity index (χ4n) is 1.50. The van der Waals surface area contributed by atoms with Crippen LogP contribution < -0.4 is 5.73 Å². The lowest BCUT2D eigenvalue weighted by Crippen LogP contribution is -2.31. The van der Waals surface area contributed by atoms with Crippen LogP contribution in [0.2, 0.25) is 0 Å². The lowest BCUT2D eigenvalue weighted by molar-refractivity contribution is 0.370. The van der Waals surface area contributed by atoms with E-state index < -0.39 is 10.0 Å². The van der Waals surface area contributed by atoms with E-state index in [1.807, 2.05) is 19.0 Å². The summed E-state index contributed by atoms with van der Waals surface area (Å²) in [5.41, 5.74) is 5.82. The fourth-order valence-corrected chi connectivity index (χ4v) is 2.72. The summed E-state index contributed by atoms with van der Waals surface area (Å²) in [7, 11) is 1.85. The maximum atomic E-state index is 12.2. The highest BCUT2D eigenvalue weighted by Gasteiger charge is 2.24. The molecular formula is C11H20N4O2S. The highest BCUT2D eigenvalue weighted by atomic mass is 32.2. The molecule has 0 unspecified atom stereocenters. The van der Waals surface area contributed by atoms with E-state index in [4.69, 9.17) is 5.73 Å². The third kappa shape index (κ3) is 3.66. The van der Waals surface area contributed by atoms with Gasteiger partial charge in [0, 0.05) is 19.8 Å². The Morgan fingerprint density at radius 1 is 1.28 bits per heavy atom. The minimum atomic E-state index is -3.59. The van der Waals surface area contributed by atoms with Crippen LogP contribution in [-0.4, -0.2) is 56.8 Å². The molecule has 1 aromatic rings. The number of hydrogen-bond acceptors (Lipinski definition) is 5. The molecule has 0 bridgehead atoms. The Morgan fingerprint density at radius 3 is 2.50 bits per heavy atom. The first-order chi connectivity index (χ1) is 8.35. The molecule has 1 aromatic heterocycles. The van der Waals surface area contributed by atoms with E-state index in [0.717, 1.165) is 13.0 Å². The van der Waals surface area contributed by atoms with Crippen LogP contribution in [0, 0.1) is 0 Å². The van der Waals surface area contributed by atoms with Crippen LogP contribution in [-0.2, 0) is 10.0 Å². The van der Waals surface area contributed by atoms with Crippen LogP contribution in [0.25, 0.3) is 0 Å². The van der Waals surface area contributed by atoms with Crippen LogP contribution in [0.15, 0.2) is 23.4 Å². The summed E-state index contributed by atoms with van der Waals surface area (Å²) in [6.07, 6.45) is 2.19.